The molecule has 1 atom stereocenters. The number of phenols is 1. The summed E-state index contributed by atoms with van der Waals surface area (Å²) in [6.07, 6.45) is 0.0287. The van der Waals surface area contributed by atoms with E-state index in [0.29, 0.717) is 16.8 Å². The van der Waals surface area contributed by atoms with E-state index in [2.05, 4.69) is 4.74 Å². The van der Waals surface area contributed by atoms with E-state index in [4.69, 9.17) is 27.9 Å². The first-order chi connectivity index (χ1) is 17.7. The Labute approximate surface area is 222 Å². The number of benzene rings is 3. The van der Waals surface area contributed by atoms with Gasteiger partial charge >= 0.3 is 5.97 Å². The van der Waals surface area contributed by atoms with Crippen LogP contribution in [0.1, 0.15) is 22.7 Å². The fourth-order valence-corrected chi connectivity index (χ4v) is 4.78. The van der Waals surface area contributed by atoms with Gasteiger partial charge in [-0.05, 0) is 47.5 Å². The maximum Gasteiger partial charge on any atom is 0.309 e. The number of carbonyl (C=O) groups is 3. The number of halogens is 2. The Balaban J connectivity index is 1.92. The van der Waals surface area contributed by atoms with Crippen molar-refractivity contribution >= 4 is 52.3 Å². The number of aliphatic hydroxyl groups is 1. The lowest BCUT2D eigenvalue weighted by atomic mass is 9.94. The third-order valence-corrected chi connectivity index (χ3v) is 6.39. The Kier molecular flexibility index (Phi) is 7.42. The summed E-state index contributed by atoms with van der Waals surface area (Å²) in [5, 5.41) is 21.8. The maximum absolute atomic E-state index is 13.4. The van der Waals surface area contributed by atoms with Gasteiger partial charge < -0.3 is 19.7 Å². The normalized spacial score (nSPS) is 16.6. The predicted molar refractivity (Wildman–Crippen MR) is 138 cm³/mol. The van der Waals surface area contributed by atoms with E-state index in [9.17, 15) is 24.6 Å². The Hall–Kier alpha value is -4.01. The third kappa shape index (κ3) is 4.98. The topological polar surface area (TPSA) is 113 Å². The van der Waals surface area contributed by atoms with Gasteiger partial charge in [-0.15, -0.1) is 0 Å². The molecule has 8 nitrogen and oxygen atoms in total. The molecule has 37 heavy (non-hydrogen) atoms. The highest BCUT2D eigenvalue weighted by Gasteiger charge is 2.47. The second-order valence-corrected chi connectivity index (χ2v) is 9.00. The molecule has 0 bridgehead atoms. The van der Waals surface area contributed by atoms with Crippen molar-refractivity contribution in [2.75, 3.05) is 19.1 Å². The zero-order valence-corrected chi connectivity index (χ0v) is 21.2. The van der Waals surface area contributed by atoms with Crippen LogP contribution in [-0.2, 0) is 25.5 Å². The second-order valence-electron chi connectivity index (χ2n) is 8.15. The molecular weight excluding hydrogens is 521 g/mol. The Bertz CT molecular complexity index is 1430. The Morgan fingerprint density at radius 2 is 1.73 bits per heavy atom. The molecule has 0 aromatic heterocycles. The van der Waals surface area contributed by atoms with Crippen LogP contribution in [0.2, 0.25) is 10.0 Å². The Morgan fingerprint density at radius 3 is 2.35 bits per heavy atom. The van der Waals surface area contributed by atoms with Crippen molar-refractivity contribution in [1.82, 2.24) is 0 Å². The molecule has 1 amide bonds. The van der Waals surface area contributed by atoms with Gasteiger partial charge in [0.1, 0.15) is 17.3 Å². The summed E-state index contributed by atoms with van der Waals surface area (Å²) in [5.74, 6) is -2.86. The van der Waals surface area contributed by atoms with Gasteiger partial charge in [0.25, 0.3) is 11.7 Å². The number of amides is 1. The van der Waals surface area contributed by atoms with Gasteiger partial charge in [0.2, 0.25) is 0 Å². The number of esters is 1. The van der Waals surface area contributed by atoms with Crippen LogP contribution in [0.5, 0.6) is 11.5 Å². The predicted octanol–water partition coefficient (Wildman–Crippen LogP) is 5.05. The zero-order chi connectivity index (χ0) is 26.9. The second kappa shape index (κ2) is 10.5. The first-order valence-corrected chi connectivity index (χ1v) is 11.7. The molecule has 3 aromatic carbocycles. The summed E-state index contributed by atoms with van der Waals surface area (Å²) in [7, 11) is 2.63. The highest BCUT2D eigenvalue weighted by Crippen LogP contribution is 2.45. The first-order valence-electron chi connectivity index (χ1n) is 10.9. The standard InChI is InChI=1S/C27H21Cl2NO7/c1-36-21(32)10-14-6-8-17(9-7-14)30-23(15-4-3-5-18(31)11-15)22(25(34)27(30)35)24(33)19-12-16(28)13-20(29)26(19)37-2/h3-9,11-13,23,31,33H,10H2,1-2H3/b24-22+. The molecule has 0 radical (unpaired) electrons. The molecule has 190 valence electrons. The van der Waals surface area contributed by atoms with Crippen LogP contribution < -0.4 is 9.64 Å². The number of phenolic OH excluding ortho intramolecular Hbond substituents is 1. The third-order valence-electron chi connectivity index (χ3n) is 5.89. The van der Waals surface area contributed by atoms with Gasteiger partial charge in [-0.25, -0.2) is 0 Å². The molecule has 4 rings (SSSR count). The van der Waals surface area contributed by atoms with Crippen LogP contribution in [0.3, 0.4) is 0 Å². The molecule has 1 aliphatic heterocycles. The lowest BCUT2D eigenvalue weighted by molar-refractivity contribution is -0.139. The smallest absolute Gasteiger partial charge is 0.309 e. The number of methoxy groups -OCH3 is 2. The van der Waals surface area contributed by atoms with Gasteiger partial charge in [-0.1, -0.05) is 47.5 Å². The number of hydrogen-bond donors (Lipinski definition) is 2. The van der Waals surface area contributed by atoms with E-state index < -0.39 is 29.5 Å². The van der Waals surface area contributed by atoms with Crippen LogP contribution in [0.4, 0.5) is 5.69 Å². The van der Waals surface area contributed by atoms with E-state index in [0.717, 1.165) is 0 Å². The quantitative estimate of drug-likeness (QED) is 0.194. The van der Waals surface area contributed by atoms with Crippen molar-refractivity contribution in [2.45, 2.75) is 12.5 Å². The van der Waals surface area contributed by atoms with Gasteiger partial charge in [0, 0.05) is 10.7 Å². The van der Waals surface area contributed by atoms with Crippen molar-refractivity contribution < 1.29 is 34.1 Å². The number of carbonyl (C=O) groups excluding carboxylic acids is 3. The molecule has 0 aliphatic carbocycles. The number of rotatable bonds is 6. The summed E-state index contributed by atoms with van der Waals surface area (Å²) >= 11 is 12.4. The van der Waals surface area contributed by atoms with Crippen LogP contribution in [-0.4, -0.2) is 42.1 Å². The molecular formula is C27H21Cl2NO7. The monoisotopic (exact) mass is 541 g/mol. The number of aromatic hydroxyl groups is 1. The first kappa shape index (κ1) is 26.1. The minimum absolute atomic E-state index is 0.0246. The summed E-state index contributed by atoms with van der Waals surface area (Å²) in [5.41, 5.74) is 1.12. The SMILES string of the molecule is COC(=O)Cc1ccc(N2C(=O)C(=O)/C(=C(/O)c3cc(Cl)cc(Cl)c3OC)C2c2cccc(O)c2)cc1. The van der Waals surface area contributed by atoms with Gasteiger partial charge in [0.05, 0.1) is 42.8 Å². The summed E-state index contributed by atoms with van der Waals surface area (Å²) in [6, 6.07) is 14.1. The van der Waals surface area contributed by atoms with Crippen LogP contribution in [0, 0.1) is 0 Å². The molecule has 1 aliphatic rings. The highest BCUT2D eigenvalue weighted by molar-refractivity contribution is 6.52. The molecule has 2 N–H and O–H groups in total. The molecule has 0 spiro atoms. The average Bonchev–Trinajstić information content (AvgIpc) is 3.14. The van der Waals surface area contributed by atoms with Crippen molar-refractivity contribution in [2.24, 2.45) is 0 Å². The molecule has 1 unspecified atom stereocenters. The molecule has 1 heterocycles. The molecule has 1 saturated heterocycles. The van der Waals surface area contributed by atoms with Crippen LogP contribution in [0.25, 0.3) is 5.76 Å². The summed E-state index contributed by atoms with van der Waals surface area (Å²) < 4.78 is 10.0. The van der Waals surface area contributed by atoms with E-state index in [1.54, 1.807) is 36.4 Å². The fourth-order valence-electron chi connectivity index (χ4n) is 4.21. The Morgan fingerprint density at radius 1 is 1.03 bits per heavy atom. The summed E-state index contributed by atoms with van der Waals surface area (Å²) in [6.45, 7) is 0. The van der Waals surface area contributed by atoms with Crippen LogP contribution in [0.15, 0.2) is 66.2 Å². The minimum Gasteiger partial charge on any atom is -0.508 e. The summed E-state index contributed by atoms with van der Waals surface area (Å²) in [4.78, 5) is 39.5. The van der Waals surface area contributed by atoms with E-state index in [1.807, 2.05) is 0 Å². The van der Waals surface area contributed by atoms with Crippen molar-refractivity contribution in [3.63, 3.8) is 0 Å². The molecule has 3 aromatic rings. The van der Waals surface area contributed by atoms with Gasteiger partial charge in [-0.3, -0.25) is 19.3 Å². The molecule has 10 heteroatoms. The lowest BCUT2D eigenvalue weighted by Crippen LogP contribution is -2.29. The number of nitrogens with zero attached hydrogens (tertiary/aromatic N) is 1. The average molecular weight is 542 g/mol. The van der Waals surface area contributed by atoms with E-state index in [-0.39, 0.29) is 39.1 Å². The van der Waals surface area contributed by atoms with Crippen LogP contribution >= 0.6 is 23.2 Å². The number of aliphatic hydroxyl groups excluding tert-OH is 1. The minimum atomic E-state index is -1.11. The van der Waals surface area contributed by atoms with Crippen molar-refractivity contribution in [1.29, 1.82) is 0 Å². The molecule has 0 saturated carbocycles. The lowest BCUT2D eigenvalue weighted by Gasteiger charge is -2.26. The maximum atomic E-state index is 13.4. The van der Waals surface area contributed by atoms with Crippen molar-refractivity contribution in [3.05, 3.63) is 93.0 Å². The highest BCUT2D eigenvalue weighted by atomic mass is 35.5. The zero-order valence-electron chi connectivity index (χ0n) is 19.7. The number of ketones is 1. The van der Waals surface area contributed by atoms with E-state index >= 15 is 0 Å². The number of Topliss-reactive ketones (excluding diaryl/α,β-unsaturated/α-hetero) is 1. The van der Waals surface area contributed by atoms with Crippen molar-refractivity contribution in [3.8, 4) is 11.5 Å². The number of hydrogen-bond acceptors (Lipinski definition) is 7. The number of anilines is 1. The number of ether oxygens (including phenoxy) is 2. The largest absolute Gasteiger partial charge is 0.508 e. The fraction of sp³-hybridized carbons (Fsp3) is 0.148. The van der Waals surface area contributed by atoms with Gasteiger partial charge in [-0.2, -0.15) is 0 Å². The van der Waals surface area contributed by atoms with E-state index in [1.165, 1.54) is 43.4 Å². The van der Waals surface area contributed by atoms with Gasteiger partial charge in [0.15, 0.2) is 0 Å². The molecule has 1 fully saturated rings.